The molecular weight excluding hydrogens is 507 g/mol. The quantitative estimate of drug-likeness (QED) is 0.352. The minimum absolute atomic E-state index is 0.00429. The lowest BCUT2D eigenvalue weighted by Crippen LogP contribution is -2.54. The van der Waals surface area contributed by atoms with Crippen molar-refractivity contribution in [2.75, 3.05) is 19.1 Å². The maximum absolute atomic E-state index is 12.9. The third kappa shape index (κ3) is 3.99. The number of amides is 4. The Labute approximate surface area is 184 Å². The van der Waals surface area contributed by atoms with Crippen molar-refractivity contribution in [2.45, 2.75) is 0 Å². The van der Waals surface area contributed by atoms with Gasteiger partial charge in [0.2, 0.25) is 0 Å². The Morgan fingerprint density at radius 3 is 2.33 bits per heavy atom. The van der Waals surface area contributed by atoms with E-state index in [4.69, 9.17) is 14.6 Å². The molecule has 1 aliphatic heterocycles. The summed E-state index contributed by atoms with van der Waals surface area (Å²) in [6.07, 6.45) is 1.34. The van der Waals surface area contributed by atoms with Gasteiger partial charge in [-0.15, -0.1) is 0 Å². The first-order chi connectivity index (χ1) is 14.3. The van der Waals surface area contributed by atoms with E-state index in [-0.39, 0.29) is 16.8 Å². The number of methoxy groups -OCH3 is 2. The highest BCUT2D eigenvalue weighted by atomic mass is 127. The van der Waals surface area contributed by atoms with Gasteiger partial charge in [-0.05, 0) is 70.6 Å². The lowest BCUT2D eigenvalue weighted by Gasteiger charge is -2.26. The van der Waals surface area contributed by atoms with Crippen molar-refractivity contribution in [3.05, 3.63) is 56.7 Å². The third-order valence-electron chi connectivity index (χ3n) is 4.24. The third-order valence-corrected chi connectivity index (χ3v) is 5.04. The molecule has 4 amide bonds. The largest absolute Gasteiger partial charge is 0.493 e. The van der Waals surface area contributed by atoms with Crippen molar-refractivity contribution in [1.29, 1.82) is 0 Å². The molecule has 2 aromatic rings. The number of nitrogens with zero attached hydrogens (tertiary/aromatic N) is 1. The number of aromatic carboxylic acids is 1. The summed E-state index contributed by atoms with van der Waals surface area (Å²) in [5.41, 5.74) is 0.351. The van der Waals surface area contributed by atoms with Gasteiger partial charge >= 0.3 is 12.0 Å². The molecule has 2 N–H and O–H groups in total. The second kappa shape index (κ2) is 8.53. The molecule has 0 unspecified atom stereocenters. The fourth-order valence-electron chi connectivity index (χ4n) is 2.83. The SMILES string of the molecule is COc1cc(/C=C2\C(=O)NC(=O)N(c3ccc(C(=O)O)cc3)C2=O)cc(I)c1OC. The van der Waals surface area contributed by atoms with Crippen LogP contribution in [0, 0.1) is 3.57 Å². The normalized spacial score (nSPS) is 15.2. The molecule has 1 aliphatic rings. The van der Waals surface area contributed by atoms with Crippen LogP contribution in [-0.4, -0.2) is 43.1 Å². The number of carbonyl (C=O) groups is 4. The average Bonchev–Trinajstić information content (AvgIpc) is 2.70. The first kappa shape index (κ1) is 21.3. The number of carbonyl (C=O) groups excluding carboxylic acids is 3. The summed E-state index contributed by atoms with van der Waals surface area (Å²) >= 11 is 2.03. The summed E-state index contributed by atoms with van der Waals surface area (Å²) in [6, 6.07) is 7.51. The molecule has 0 atom stereocenters. The summed E-state index contributed by atoms with van der Waals surface area (Å²) in [4.78, 5) is 49.3. The van der Waals surface area contributed by atoms with E-state index < -0.39 is 23.8 Å². The molecule has 0 saturated carbocycles. The fraction of sp³-hybridized carbons (Fsp3) is 0.100. The van der Waals surface area contributed by atoms with Gasteiger partial charge in [0.05, 0.1) is 29.0 Å². The molecule has 2 aromatic carbocycles. The molecule has 9 nitrogen and oxygen atoms in total. The summed E-state index contributed by atoms with van der Waals surface area (Å²) in [5, 5.41) is 11.1. The van der Waals surface area contributed by atoms with E-state index in [1.54, 1.807) is 12.1 Å². The summed E-state index contributed by atoms with van der Waals surface area (Å²) in [5.74, 6) is -1.90. The number of benzene rings is 2. The summed E-state index contributed by atoms with van der Waals surface area (Å²) in [7, 11) is 2.96. The van der Waals surface area contributed by atoms with Gasteiger partial charge in [0.1, 0.15) is 5.57 Å². The van der Waals surface area contributed by atoms with Crippen LogP contribution in [0.3, 0.4) is 0 Å². The zero-order valence-corrected chi connectivity index (χ0v) is 17.9. The highest BCUT2D eigenvalue weighted by molar-refractivity contribution is 14.1. The Hall–Kier alpha value is -3.41. The predicted octanol–water partition coefficient (Wildman–Crippen LogP) is 2.67. The second-order valence-electron chi connectivity index (χ2n) is 6.05. The number of rotatable bonds is 5. The van der Waals surface area contributed by atoms with Gasteiger partial charge in [-0.3, -0.25) is 14.9 Å². The highest BCUT2D eigenvalue weighted by Gasteiger charge is 2.37. The number of hydrogen-bond acceptors (Lipinski definition) is 6. The van der Waals surface area contributed by atoms with Crippen molar-refractivity contribution in [2.24, 2.45) is 0 Å². The van der Waals surface area contributed by atoms with E-state index in [0.717, 1.165) is 4.90 Å². The Kier molecular flexibility index (Phi) is 6.06. The fourth-order valence-corrected chi connectivity index (χ4v) is 3.68. The first-order valence-corrected chi connectivity index (χ1v) is 9.51. The Morgan fingerprint density at radius 2 is 1.77 bits per heavy atom. The predicted molar refractivity (Wildman–Crippen MR) is 115 cm³/mol. The minimum atomic E-state index is -1.14. The molecule has 0 aromatic heterocycles. The van der Waals surface area contributed by atoms with Crippen molar-refractivity contribution in [3.8, 4) is 11.5 Å². The molecule has 0 radical (unpaired) electrons. The van der Waals surface area contributed by atoms with E-state index in [9.17, 15) is 19.2 Å². The van der Waals surface area contributed by atoms with Gasteiger partial charge in [-0.1, -0.05) is 0 Å². The van der Waals surface area contributed by atoms with E-state index >= 15 is 0 Å². The number of carboxylic acid groups (broad SMARTS) is 1. The van der Waals surface area contributed by atoms with Crippen LogP contribution in [0.15, 0.2) is 42.0 Å². The molecule has 1 heterocycles. The monoisotopic (exact) mass is 522 g/mol. The molecular formula is C20H15IN2O7. The van der Waals surface area contributed by atoms with Gasteiger partial charge in [-0.25, -0.2) is 14.5 Å². The minimum Gasteiger partial charge on any atom is -0.493 e. The Balaban J connectivity index is 2.02. The van der Waals surface area contributed by atoms with E-state index in [1.807, 2.05) is 22.6 Å². The van der Waals surface area contributed by atoms with Crippen LogP contribution in [0.4, 0.5) is 10.5 Å². The van der Waals surface area contributed by atoms with Gasteiger partial charge in [-0.2, -0.15) is 0 Å². The molecule has 1 saturated heterocycles. The Bertz CT molecular complexity index is 1090. The van der Waals surface area contributed by atoms with E-state index in [0.29, 0.717) is 20.6 Å². The molecule has 0 bridgehead atoms. The number of urea groups is 1. The number of imide groups is 2. The summed E-state index contributed by atoms with van der Waals surface area (Å²) in [6.45, 7) is 0. The number of anilines is 1. The summed E-state index contributed by atoms with van der Waals surface area (Å²) < 4.78 is 11.3. The first-order valence-electron chi connectivity index (χ1n) is 8.43. The van der Waals surface area contributed by atoms with Crippen LogP contribution >= 0.6 is 22.6 Å². The molecule has 3 rings (SSSR count). The maximum atomic E-state index is 12.9. The number of ether oxygens (including phenoxy) is 2. The van der Waals surface area contributed by atoms with Crippen LogP contribution < -0.4 is 19.7 Å². The number of hydrogen-bond donors (Lipinski definition) is 2. The van der Waals surface area contributed by atoms with Crippen molar-refractivity contribution in [1.82, 2.24) is 5.32 Å². The topological polar surface area (TPSA) is 122 Å². The zero-order chi connectivity index (χ0) is 22.0. The number of carboxylic acids is 1. The molecule has 30 heavy (non-hydrogen) atoms. The zero-order valence-electron chi connectivity index (χ0n) is 15.8. The van der Waals surface area contributed by atoms with Crippen molar-refractivity contribution in [3.63, 3.8) is 0 Å². The van der Waals surface area contributed by atoms with E-state index in [1.165, 1.54) is 44.6 Å². The average molecular weight is 522 g/mol. The maximum Gasteiger partial charge on any atom is 0.335 e. The van der Waals surface area contributed by atoms with E-state index in [2.05, 4.69) is 5.32 Å². The Morgan fingerprint density at radius 1 is 1.10 bits per heavy atom. The molecule has 0 aliphatic carbocycles. The second-order valence-corrected chi connectivity index (χ2v) is 7.21. The van der Waals surface area contributed by atoms with Crippen LogP contribution in [0.2, 0.25) is 0 Å². The van der Waals surface area contributed by atoms with Gasteiger partial charge in [0, 0.05) is 0 Å². The lowest BCUT2D eigenvalue weighted by molar-refractivity contribution is -0.122. The van der Waals surface area contributed by atoms with Gasteiger partial charge in [0.25, 0.3) is 11.8 Å². The van der Waals surface area contributed by atoms with Crippen LogP contribution in [0.25, 0.3) is 6.08 Å². The molecule has 0 spiro atoms. The number of nitrogens with one attached hydrogen (secondary N) is 1. The number of barbiturate groups is 1. The smallest absolute Gasteiger partial charge is 0.335 e. The molecule has 1 fully saturated rings. The van der Waals surface area contributed by atoms with Gasteiger partial charge < -0.3 is 14.6 Å². The molecule has 154 valence electrons. The highest BCUT2D eigenvalue weighted by Crippen LogP contribution is 2.34. The van der Waals surface area contributed by atoms with Crippen LogP contribution in [0.1, 0.15) is 15.9 Å². The van der Waals surface area contributed by atoms with Gasteiger partial charge in [0.15, 0.2) is 11.5 Å². The standard InChI is InChI=1S/C20H15IN2O7/c1-29-15-9-10(8-14(21)16(15)30-2)7-13-17(24)22-20(28)23(18(13)25)12-5-3-11(4-6-12)19(26)27/h3-9H,1-2H3,(H,26,27)(H,22,24,28)/b13-7+. The molecule has 10 heteroatoms. The van der Waals surface area contributed by atoms with Crippen molar-refractivity contribution >= 4 is 58.2 Å². The van der Waals surface area contributed by atoms with Crippen LogP contribution in [0.5, 0.6) is 11.5 Å². The lowest BCUT2D eigenvalue weighted by atomic mass is 10.1. The van der Waals surface area contributed by atoms with Crippen molar-refractivity contribution < 1.29 is 33.8 Å². The number of halogens is 1. The van der Waals surface area contributed by atoms with Crippen LogP contribution in [-0.2, 0) is 9.59 Å².